The first-order valence-electron chi connectivity index (χ1n) is 5.70. The lowest BCUT2D eigenvalue weighted by Crippen LogP contribution is -2.57. The van der Waals surface area contributed by atoms with Crippen molar-refractivity contribution in [2.75, 3.05) is 13.6 Å². The molecule has 0 radical (unpaired) electrons. The fourth-order valence-electron chi connectivity index (χ4n) is 1.07. The van der Waals surface area contributed by atoms with E-state index < -0.39 is 23.6 Å². The summed E-state index contributed by atoms with van der Waals surface area (Å²) in [7, 11) is 1.37. The van der Waals surface area contributed by atoms with Gasteiger partial charge in [-0.05, 0) is 27.7 Å². The molecule has 18 heavy (non-hydrogen) atoms. The van der Waals surface area contributed by atoms with E-state index in [0.29, 0.717) is 6.54 Å². The summed E-state index contributed by atoms with van der Waals surface area (Å²) in [6.45, 7) is 6.59. The second-order valence-electron chi connectivity index (χ2n) is 4.49. The molecule has 3 amide bonds. The van der Waals surface area contributed by atoms with Crippen LogP contribution in [-0.2, 0) is 9.59 Å². The molecule has 0 rings (SSSR count). The highest BCUT2D eigenvalue weighted by atomic mass is 16.4. The van der Waals surface area contributed by atoms with Crippen molar-refractivity contribution in [3.05, 3.63) is 0 Å². The normalized spacial score (nSPS) is 12.5. The van der Waals surface area contributed by atoms with Crippen molar-refractivity contribution in [2.24, 2.45) is 0 Å². The van der Waals surface area contributed by atoms with Gasteiger partial charge in [-0.15, -0.1) is 0 Å². The molecule has 0 aliphatic heterocycles. The Balaban J connectivity index is 4.59. The van der Waals surface area contributed by atoms with E-state index >= 15 is 0 Å². The Labute approximate surface area is 107 Å². The molecule has 0 spiro atoms. The van der Waals surface area contributed by atoms with E-state index in [4.69, 9.17) is 5.11 Å². The number of likely N-dealkylation sites (N-methyl/N-ethyl adjacent to an activating group) is 2. The predicted molar refractivity (Wildman–Crippen MR) is 66.2 cm³/mol. The number of rotatable bonds is 5. The van der Waals surface area contributed by atoms with Crippen LogP contribution in [0, 0.1) is 0 Å². The van der Waals surface area contributed by atoms with Crippen LogP contribution in [0.25, 0.3) is 0 Å². The highest BCUT2D eigenvalue weighted by Gasteiger charge is 2.35. The first kappa shape index (κ1) is 16.2. The smallest absolute Gasteiger partial charge is 0.329 e. The summed E-state index contributed by atoms with van der Waals surface area (Å²) in [4.78, 5) is 35.2. The van der Waals surface area contributed by atoms with Crippen LogP contribution in [0.15, 0.2) is 0 Å². The van der Waals surface area contributed by atoms with E-state index in [1.807, 2.05) is 0 Å². The second kappa shape index (κ2) is 6.23. The minimum Gasteiger partial charge on any atom is -0.480 e. The van der Waals surface area contributed by atoms with Gasteiger partial charge >= 0.3 is 12.0 Å². The molecule has 3 N–H and O–H groups in total. The Hall–Kier alpha value is -1.79. The van der Waals surface area contributed by atoms with E-state index in [1.165, 1.54) is 27.8 Å². The lowest BCUT2D eigenvalue weighted by molar-refractivity contribution is -0.146. The van der Waals surface area contributed by atoms with Crippen molar-refractivity contribution in [2.45, 2.75) is 39.3 Å². The van der Waals surface area contributed by atoms with Gasteiger partial charge in [0.15, 0.2) is 0 Å². The van der Waals surface area contributed by atoms with Crippen LogP contribution in [0.4, 0.5) is 4.79 Å². The topological polar surface area (TPSA) is 98.7 Å². The number of hydrogen-bond acceptors (Lipinski definition) is 3. The average Bonchev–Trinajstić information content (AvgIpc) is 2.27. The maximum absolute atomic E-state index is 11.8. The van der Waals surface area contributed by atoms with E-state index in [1.54, 1.807) is 6.92 Å². The van der Waals surface area contributed by atoms with Crippen molar-refractivity contribution in [1.29, 1.82) is 0 Å². The van der Waals surface area contributed by atoms with Crippen LogP contribution in [0.1, 0.15) is 27.7 Å². The Morgan fingerprint density at radius 1 is 1.33 bits per heavy atom. The monoisotopic (exact) mass is 259 g/mol. The van der Waals surface area contributed by atoms with Gasteiger partial charge < -0.3 is 20.6 Å². The number of nitrogens with one attached hydrogen (secondary N) is 2. The number of carbonyl (C=O) groups is 3. The van der Waals surface area contributed by atoms with Crippen LogP contribution in [0.3, 0.4) is 0 Å². The largest absolute Gasteiger partial charge is 0.480 e. The average molecular weight is 259 g/mol. The van der Waals surface area contributed by atoms with Crippen molar-refractivity contribution in [3.8, 4) is 0 Å². The highest BCUT2D eigenvalue weighted by molar-refractivity contribution is 5.89. The first-order valence-corrected chi connectivity index (χ1v) is 5.70. The van der Waals surface area contributed by atoms with Gasteiger partial charge in [0.25, 0.3) is 0 Å². The molecule has 0 saturated carbocycles. The SMILES string of the molecule is CCNC(=O)C(C)NC(=O)N(C)C(C)(C)C(=O)O. The number of carbonyl (C=O) groups excluding carboxylic acids is 2. The zero-order chi connectivity index (χ0) is 14.5. The number of carboxylic acid groups (broad SMARTS) is 1. The molecule has 1 atom stereocenters. The fraction of sp³-hybridized carbons (Fsp3) is 0.727. The lowest BCUT2D eigenvalue weighted by Gasteiger charge is -2.32. The molecule has 0 saturated heterocycles. The molecular formula is C11H21N3O4. The zero-order valence-electron chi connectivity index (χ0n) is 11.4. The molecule has 0 aliphatic carbocycles. The second-order valence-corrected chi connectivity index (χ2v) is 4.49. The van der Waals surface area contributed by atoms with Crippen molar-refractivity contribution < 1.29 is 19.5 Å². The van der Waals surface area contributed by atoms with Crippen LogP contribution in [-0.4, -0.2) is 53.1 Å². The minimum absolute atomic E-state index is 0.313. The number of nitrogens with zero attached hydrogens (tertiary/aromatic N) is 1. The van der Waals surface area contributed by atoms with E-state index in [9.17, 15) is 14.4 Å². The standard InChI is InChI=1S/C11H21N3O4/c1-6-12-8(15)7(2)13-10(18)14(5)11(3,4)9(16)17/h7H,6H2,1-5H3,(H,12,15)(H,13,18)(H,16,17). The van der Waals surface area contributed by atoms with Gasteiger partial charge in [0.2, 0.25) is 5.91 Å². The number of aliphatic carboxylic acids is 1. The van der Waals surface area contributed by atoms with Crippen LogP contribution in [0.5, 0.6) is 0 Å². The highest BCUT2D eigenvalue weighted by Crippen LogP contribution is 2.12. The van der Waals surface area contributed by atoms with Gasteiger partial charge in [-0.25, -0.2) is 9.59 Å². The van der Waals surface area contributed by atoms with Crippen molar-refractivity contribution >= 4 is 17.9 Å². The molecule has 7 nitrogen and oxygen atoms in total. The summed E-state index contributed by atoms with van der Waals surface area (Å²) >= 11 is 0. The van der Waals surface area contributed by atoms with E-state index in [2.05, 4.69) is 10.6 Å². The quantitative estimate of drug-likeness (QED) is 0.648. The van der Waals surface area contributed by atoms with E-state index in [-0.39, 0.29) is 5.91 Å². The Morgan fingerprint density at radius 2 is 1.83 bits per heavy atom. The summed E-state index contributed by atoms with van der Waals surface area (Å²) in [6, 6.07) is -1.33. The van der Waals surface area contributed by atoms with Crippen LogP contribution in [0.2, 0.25) is 0 Å². The van der Waals surface area contributed by atoms with Crippen LogP contribution >= 0.6 is 0 Å². The molecule has 0 bridgehead atoms. The third-order valence-corrected chi connectivity index (χ3v) is 2.75. The first-order chi connectivity index (χ1) is 8.14. The Morgan fingerprint density at radius 3 is 2.22 bits per heavy atom. The molecule has 7 heteroatoms. The Kier molecular flexibility index (Phi) is 5.61. The number of carboxylic acids is 1. The maximum Gasteiger partial charge on any atom is 0.329 e. The van der Waals surface area contributed by atoms with Gasteiger partial charge in [0.1, 0.15) is 11.6 Å². The molecule has 104 valence electrons. The third kappa shape index (κ3) is 3.90. The van der Waals surface area contributed by atoms with Gasteiger partial charge in [-0.3, -0.25) is 4.79 Å². The summed E-state index contributed by atoms with van der Waals surface area (Å²) in [5.74, 6) is -1.43. The predicted octanol–water partition coefficient (Wildman–Crippen LogP) is 0.0156. The summed E-state index contributed by atoms with van der Waals surface area (Å²) < 4.78 is 0. The van der Waals surface area contributed by atoms with Crippen LogP contribution < -0.4 is 10.6 Å². The molecule has 0 fully saturated rings. The number of hydrogen-bond donors (Lipinski definition) is 3. The van der Waals surface area contributed by atoms with Gasteiger partial charge in [-0.1, -0.05) is 0 Å². The molecule has 0 aromatic rings. The number of urea groups is 1. The summed E-state index contributed by atoms with van der Waals surface area (Å²) in [5.41, 5.74) is -1.34. The van der Waals surface area contributed by atoms with Gasteiger partial charge in [-0.2, -0.15) is 0 Å². The Bertz CT molecular complexity index is 341. The molecule has 0 heterocycles. The molecule has 0 aromatic carbocycles. The molecule has 1 unspecified atom stereocenters. The van der Waals surface area contributed by atoms with E-state index in [0.717, 1.165) is 4.90 Å². The van der Waals surface area contributed by atoms with Gasteiger partial charge in [0.05, 0.1) is 0 Å². The number of amides is 3. The third-order valence-electron chi connectivity index (χ3n) is 2.75. The van der Waals surface area contributed by atoms with Crippen molar-refractivity contribution in [3.63, 3.8) is 0 Å². The van der Waals surface area contributed by atoms with Gasteiger partial charge in [0, 0.05) is 13.6 Å². The maximum atomic E-state index is 11.8. The lowest BCUT2D eigenvalue weighted by atomic mass is 10.0. The fourth-order valence-corrected chi connectivity index (χ4v) is 1.07. The van der Waals surface area contributed by atoms with Crippen molar-refractivity contribution in [1.82, 2.24) is 15.5 Å². The summed E-state index contributed by atoms with van der Waals surface area (Å²) in [6.07, 6.45) is 0. The molecule has 0 aromatic heterocycles. The molecule has 0 aliphatic rings. The zero-order valence-corrected chi connectivity index (χ0v) is 11.4. The minimum atomic E-state index is -1.34. The summed E-state index contributed by atoms with van der Waals surface area (Å²) in [5, 5.41) is 14.0. The molecular weight excluding hydrogens is 238 g/mol.